The topological polar surface area (TPSA) is 0 Å². The second kappa shape index (κ2) is 13.1. The number of fused-ring (bicyclic) bond motifs is 1. The van der Waals surface area contributed by atoms with Gasteiger partial charge >= 0.3 is 0 Å². The van der Waals surface area contributed by atoms with E-state index in [0.717, 1.165) is 72.0 Å². The lowest BCUT2D eigenvalue weighted by atomic mass is 9.79. The van der Waals surface area contributed by atoms with E-state index < -0.39 is 0 Å². The Morgan fingerprint density at radius 2 is 1.57 bits per heavy atom. The van der Waals surface area contributed by atoms with E-state index in [-0.39, 0.29) is 0 Å². The van der Waals surface area contributed by atoms with Crippen LogP contribution in [0.4, 0.5) is 0 Å². The first-order valence-corrected chi connectivity index (χ1v) is 14.3. The van der Waals surface area contributed by atoms with Crippen LogP contribution < -0.4 is 0 Å². The monoisotopic (exact) mass is 544 g/mol. The zero-order valence-corrected chi connectivity index (χ0v) is 25.2. The first kappa shape index (κ1) is 30.0. The molecule has 0 saturated heterocycles. The molecule has 0 heteroatoms. The van der Waals surface area contributed by atoms with Gasteiger partial charge in [-0.3, -0.25) is 0 Å². The van der Waals surface area contributed by atoms with Crippen LogP contribution in [0, 0.1) is 5.92 Å². The molecular weight excluding hydrogens is 504 g/mol. The van der Waals surface area contributed by atoms with E-state index in [9.17, 15) is 0 Å². The van der Waals surface area contributed by atoms with Crippen molar-refractivity contribution in [2.75, 3.05) is 0 Å². The smallest absolute Gasteiger partial charge is 0.00201 e. The fourth-order valence-electron chi connectivity index (χ4n) is 5.88. The number of rotatable bonds is 10. The summed E-state index contributed by atoms with van der Waals surface area (Å²) in [4.78, 5) is 0. The molecule has 3 aromatic rings. The summed E-state index contributed by atoms with van der Waals surface area (Å²) >= 11 is 0. The molecule has 0 aromatic heterocycles. The Morgan fingerprint density at radius 1 is 0.833 bits per heavy atom. The summed E-state index contributed by atoms with van der Waals surface area (Å²) in [5.41, 5.74) is 12.8. The molecule has 1 aliphatic rings. The standard InChI is InChI=1S/C42H40/c1-10-18-37(33(12-3)28(7)8)41-35(14-5)36(15-6)42(38-22-17-20-30(11-2)34(38)13-4)40-27-32(25-26-39(40)41)31-21-16-19-29(9)23-24-31/h10-27,29H,1-2,4-7H2,3,8-9H3/b33-12+,37-18+. The second-order valence-electron chi connectivity index (χ2n) is 10.5. The predicted octanol–water partition coefficient (Wildman–Crippen LogP) is 12.3. The van der Waals surface area contributed by atoms with Crippen molar-refractivity contribution in [3.63, 3.8) is 0 Å². The molecule has 42 heavy (non-hydrogen) atoms. The first-order chi connectivity index (χ1) is 20.3. The van der Waals surface area contributed by atoms with Crippen molar-refractivity contribution in [2.45, 2.75) is 20.8 Å². The number of benzene rings is 3. The summed E-state index contributed by atoms with van der Waals surface area (Å²) in [7, 11) is 0. The molecule has 208 valence electrons. The molecule has 0 saturated carbocycles. The van der Waals surface area contributed by atoms with E-state index >= 15 is 0 Å². The summed E-state index contributed by atoms with van der Waals surface area (Å²) in [6.45, 7) is 31.5. The minimum absolute atomic E-state index is 0.383. The van der Waals surface area contributed by atoms with Crippen molar-refractivity contribution in [1.82, 2.24) is 0 Å². The third kappa shape index (κ3) is 5.49. The van der Waals surface area contributed by atoms with Gasteiger partial charge in [0.05, 0.1) is 0 Å². The van der Waals surface area contributed by atoms with Crippen molar-refractivity contribution < 1.29 is 0 Å². The molecular formula is C42H40. The van der Waals surface area contributed by atoms with E-state index in [2.05, 4.69) is 125 Å². The quantitative estimate of drug-likeness (QED) is 0.223. The lowest BCUT2D eigenvalue weighted by Gasteiger charge is -2.24. The van der Waals surface area contributed by atoms with Crippen molar-refractivity contribution in [3.05, 3.63) is 169 Å². The summed E-state index contributed by atoms with van der Waals surface area (Å²) in [5.74, 6) is 0.383. The fraction of sp³-hybridized carbons (Fsp3) is 0.0952. The molecule has 0 N–H and O–H groups in total. The van der Waals surface area contributed by atoms with Crippen LogP contribution in [0.2, 0.25) is 0 Å². The van der Waals surface area contributed by atoms with Gasteiger partial charge in [-0.25, -0.2) is 0 Å². The summed E-state index contributed by atoms with van der Waals surface area (Å²) in [5, 5.41) is 2.24. The molecule has 0 aliphatic heterocycles. The Bertz CT molecular complexity index is 1790. The maximum atomic E-state index is 4.31. The molecule has 1 aliphatic carbocycles. The lowest BCUT2D eigenvalue weighted by molar-refractivity contribution is 0.943. The van der Waals surface area contributed by atoms with Crippen molar-refractivity contribution in [3.8, 4) is 11.1 Å². The van der Waals surface area contributed by atoms with Gasteiger partial charge in [0.25, 0.3) is 0 Å². The van der Waals surface area contributed by atoms with Crippen LogP contribution in [0.15, 0.2) is 136 Å². The minimum atomic E-state index is 0.383. The van der Waals surface area contributed by atoms with Gasteiger partial charge in [-0.05, 0) is 97.8 Å². The Hall–Kier alpha value is -4.94. The zero-order valence-electron chi connectivity index (χ0n) is 25.2. The van der Waals surface area contributed by atoms with Gasteiger partial charge in [-0.15, -0.1) is 0 Å². The summed E-state index contributed by atoms with van der Waals surface area (Å²) in [6, 6.07) is 13.1. The summed E-state index contributed by atoms with van der Waals surface area (Å²) < 4.78 is 0. The highest BCUT2D eigenvalue weighted by atomic mass is 14.3. The van der Waals surface area contributed by atoms with Crippen LogP contribution in [0.5, 0.6) is 0 Å². The highest BCUT2D eigenvalue weighted by Crippen LogP contribution is 2.46. The maximum absolute atomic E-state index is 4.31. The van der Waals surface area contributed by atoms with E-state index in [1.54, 1.807) is 0 Å². The molecule has 0 heterocycles. The van der Waals surface area contributed by atoms with Gasteiger partial charge in [0.2, 0.25) is 0 Å². The Morgan fingerprint density at radius 3 is 2.19 bits per heavy atom. The molecule has 0 bridgehead atoms. The van der Waals surface area contributed by atoms with Crippen LogP contribution in [0.3, 0.4) is 0 Å². The third-order valence-electron chi connectivity index (χ3n) is 7.82. The average molecular weight is 545 g/mol. The molecule has 0 spiro atoms. The lowest BCUT2D eigenvalue weighted by Crippen LogP contribution is -2.02. The number of hydrogen-bond acceptors (Lipinski definition) is 0. The number of allylic oxidation sites excluding steroid dienone is 12. The van der Waals surface area contributed by atoms with Crippen LogP contribution in [0.1, 0.15) is 54.2 Å². The molecule has 3 aromatic carbocycles. The Labute approximate surface area is 252 Å². The van der Waals surface area contributed by atoms with Gasteiger partial charge in [0, 0.05) is 0 Å². The van der Waals surface area contributed by atoms with Gasteiger partial charge < -0.3 is 0 Å². The Balaban J connectivity index is 2.29. The molecule has 1 unspecified atom stereocenters. The van der Waals surface area contributed by atoms with Crippen LogP contribution in [0.25, 0.3) is 57.3 Å². The van der Waals surface area contributed by atoms with Crippen LogP contribution in [-0.4, -0.2) is 0 Å². The van der Waals surface area contributed by atoms with Crippen molar-refractivity contribution in [2.24, 2.45) is 5.92 Å². The van der Waals surface area contributed by atoms with Gasteiger partial charge in [-0.1, -0.05) is 155 Å². The average Bonchev–Trinajstić information content (AvgIpc) is 3.23. The number of hydrogen-bond donors (Lipinski definition) is 0. The van der Waals surface area contributed by atoms with E-state index in [1.807, 2.05) is 44.2 Å². The van der Waals surface area contributed by atoms with Gasteiger partial charge in [0.15, 0.2) is 0 Å². The van der Waals surface area contributed by atoms with Crippen LogP contribution in [-0.2, 0) is 0 Å². The third-order valence-corrected chi connectivity index (χ3v) is 7.82. The normalized spacial score (nSPS) is 15.1. The molecule has 4 rings (SSSR count). The SMILES string of the molecule is C=C/C=C(\C(=C\C)C(=C)C)c1c(C=C)c(C=C)c(-c2cccc(C=C)c2C=C)c2cc(C3=CC=CC(C)C=C3)ccc12. The predicted molar refractivity (Wildman–Crippen MR) is 192 cm³/mol. The highest BCUT2D eigenvalue weighted by molar-refractivity contribution is 6.13. The van der Waals surface area contributed by atoms with Gasteiger partial charge in [-0.2, -0.15) is 0 Å². The molecule has 0 fully saturated rings. The van der Waals surface area contributed by atoms with E-state index in [1.165, 1.54) is 5.57 Å². The molecule has 1 atom stereocenters. The minimum Gasteiger partial charge on any atom is -0.0990 e. The van der Waals surface area contributed by atoms with Crippen molar-refractivity contribution in [1.29, 1.82) is 0 Å². The summed E-state index contributed by atoms with van der Waals surface area (Å²) in [6.07, 6.45) is 24.7. The molecule has 0 nitrogen and oxygen atoms in total. The van der Waals surface area contributed by atoms with E-state index in [4.69, 9.17) is 0 Å². The van der Waals surface area contributed by atoms with Crippen LogP contribution >= 0.6 is 0 Å². The maximum Gasteiger partial charge on any atom is -0.00201 e. The van der Waals surface area contributed by atoms with Gasteiger partial charge in [0.1, 0.15) is 0 Å². The zero-order chi connectivity index (χ0) is 30.4. The van der Waals surface area contributed by atoms with E-state index in [0.29, 0.717) is 5.92 Å². The largest absolute Gasteiger partial charge is 0.0990 e. The fourth-order valence-corrected chi connectivity index (χ4v) is 5.88. The van der Waals surface area contributed by atoms with Crippen molar-refractivity contribution >= 4 is 46.2 Å². The molecule has 0 radical (unpaired) electrons. The Kier molecular flexibility index (Phi) is 9.40. The second-order valence-corrected chi connectivity index (χ2v) is 10.5. The highest BCUT2D eigenvalue weighted by Gasteiger charge is 2.23. The molecule has 0 amide bonds. The first-order valence-electron chi connectivity index (χ1n) is 14.3.